The average molecular weight is 260 g/mol. The zero-order valence-electron chi connectivity index (χ0n) is 10.3. The van der Waals surface area contributed by atoms with Gasteiger partial charge in [0.1, 0.15) is 0 Å². The van der Waals surface area contributed by atoms with Gasteiger partial charge in [-0.1, -0.05) is 6.92 Å². The second-order valence-electron chi connectivity index (χ2n) is 4.80. The summed E-state index contributed by atoms with van der Waals surface area (Å²) >= 11 is 4.33. The molecular formula is C12H24N2S2. The van der Waals surface area contributed by atoms with Crippen LogP contribution in [0.2, 0.25) is 0 Å². The van der Waals surface area contributed by atoms with E-state index in [0.29, 0.717) is 0 Å². The molecule has 1 N–H and O–H groups in total. The fourth-order valence-electron chi connectivity index (χ4n) is 2.40. The predicted octanol–water partition coefficient (Wildman–Crippen LogP) is 1.91. The van der Waals surface area contributed by atoms with Crippen LogP contribution in [0.15, 0.2) is 0 Å². The summed E-state index contributed by atoms with van der Waals surface area (Å²) in [6, 6.07) is 0. The Bertz CT molecular complexity index is 195. The van der Waals surface area contributed by atoms with Crippen LogP contribution in [0, 0.1) is 0 Å². The van der Waals surface area contributed by atoms with Gasteiger partial charge in [-0.05, 0) is 25.9 Å². The standard InChI is InChI=1S/C12H24N2S2/c1-11-10-14(6-8-15-11)7-9-16-12-2-4-13-5-3-12/h11-13H,2-10H2,1H3. The minimum absolute atomic E-state index is 0.845. The highest BCUT2D eigenvalue weighted by Crippen LogP contribution is 2.22. The molecule has 2 nitrogen and oxygen atoms in total. The number of hydrogen-bond acceptors (Lipinski definition) is 4. The van der Waals surface area contributed by atoms with Gasteiger partial charge < -0.3 is 10.2 Å². The summed E-state index contributed by atoms with van der Waals surface area (Å²) in [4.78, 5) is 2.65. The number of nitrogens with zero attached hydrogens (tertiary/aromatic N) is 1. The van der Waals surface area contributed by atoms with E-state index in [4.69, 9.17) is 0 Å². The Kier molecular flexibility index (Phi) is 5.83. The Labute approximate surface area is 108 Å². The Hall–Kier alpha value is 0.620. The van der Waals surface area contributed by atoms with Gasteiger partial charge in [0.2, 0.25) is 0 Å². The first-order valence-corrected chi connectivity index (χ1v) is 8.60. The highest BCUT2D eigenvalue weighted by Gasteiger charge is 2.17. The highest BCUT2D eigenvalue weighted by molar-refractivity contribution is 8.00. The molecular weight excluding hydrogens is 236 g/mol. The fourth-order valence-corrected chi connectivity index (χ4v) is 4.75. The van der Waals surface area contributed by atoms with Crippen molar-refractivity contribution in [2.75, 3.05) is 44.2 Å². The first kappa shape index (κ1) is 13.1. The zero-order chi connectivity index (χ0) is 11.2. The fraction of sp³-hybridized carbons (Fsp3) is 1.00. The Morgan fingerprint density at radius 2 is 2.19 bits per heavy atom. The zero-order valence-corrected chi connectivity index (χ0v) is 11.9. The quantitative estimate of drug-likeness (QED) is 0.830. The topological polar surface area (TPSA) is 15.3 Å². The molecule has 2 rings (SSSR count). The van der Waals surface area contributed by atoms with E-state index >= 15 is 0 Å². The molecule has 1 unspecified atom stereocenters. The molecule has 0 aliphatic carbocycles. The summed E-state index contributed by atoms with van der Waals surface area (Å²) < 4.78 is 0. The second kappa shape index (κ2) is 7.14. The highest BCUT2D eigenvalue weighted by atomic mass is 32.2. The maximum Gasteiger partial charge on any atom is 0.0147 e. The lowest BCUT2D eigenvalue weighted by atomic mass is 10.2. The average Bonchev–Trinajstić information content (AvgIpc) is 2.30. The molecule has 4 heteroatoms. The van der Waals surface area contributed by atoms with E-state index in [1.807, 2.05) is 0 Å². The molecule has 0 aromatic heterocycles. The third-order valence-corrected chi connectivity index (χ3v) is 5.87. The van der Waals surface area contributed by atoms with Crippen LogP contribution in [0.4, 0.5) is 0 Å². The van der Waals surface area contributed by atoms with Crippen molar-refractivity contribution in [1.29, 1.82) is 0 Å². The molecule has 2 heterocycles. The Morgan fingerprint density at radius 3 is 2.94 bits per heavy atom. The SMILES string of the molecule is CC1CN(CCSC2CCNCC2)CCS1. The van der Waals surface area contributed by atoms with Gasteiger partial charge in [0.15, 0.2) is 0 Å². The van der Waals surface area contributed by atoms with E-state index in [9.17, 15) is 0 Å². The lowest BCUT2D eigenvalue weighted by Crippen LogP contribution is -2.38. The van der Waals surface area contributed by atoms with Crippen molar-refractivity contribution >= 4 is 23.5 Å². The third-order valence-electron chi connectivity index (χ3n) is 3.37. The van der Waals surface area contributed by atoms with Gasteiger partial charge in [-0.2, -0.15) is 23.5 Å². The predicted molar refractivity (Wildman–Crippen MR) is 76.7 cm³/mol. The van der Waals surface area contributed by atoms with Crippen molar-refractivity contribution in [3.8, 4) is 0 Å². The van der Waals surface area contributed by atoms with E-state index in [1.54, 1.807) is 0 Å². The molecule has 0 aromatic carbocycles. The molecule has 0 saturated carbocycles. The van der Waals surface area contributed by atoms with Crippen molar-refractivity contribution < 1.29 is 0 Å². The van der Waals surface area contributed by atoms with Crippen LogP contribution >= 0.6 is 23.5 Å². The largest absolute Gasteiger partial charge is 0.317 e. The van der Waals surface area contributed by atoms with Crippen LogP contribution in [0.25, 0.3) is 0 Å². The molecule has 0 aromatic rings. The minimum atomic E-state index is 0.845. The van der Waals surface area contributed by atoms with Crippen LogP contribution < -0.4 is 5.32 Å². The van der Waals surface area contributed by atoms with Crippen molar-refractivity contribution in [3.05, 3.63) is 0 Å². The van der Waals surface area contributed by atoms with Gasteiger partial charge in [-0.3, -0.25) is 0 Å². The summed E-state index contributed by atoms with van der Waals surface area (Å²) in [6.07, 6.45) is 2.74. The Balaban J connectivity index is 1.56. The van der Waals surface area contributed by atoms with Crippen molar-refractivity contribution in [3.63, 3.8) is 0 Å². The number of rotatable bonds is 4. The smallest absolute Gasteiger partial charge is 0.0147 e. The van der Waals surface area contributed by atoms with Gasteiger partial charge in [-0.25, -0.2) is 0 Å². The minimum Gasteiger partial charge on any atom is -0.317 e. The number of thioether (sulfide) groups is 2. The maximum absolute atomic E-state index is 3.43. The summed E-state index contributed by atoms with van der Waals surface area (Å²) in [7, 11) is 0. The molecule has 94 valence electrons. The van der Waals surface area contributed by atoms with Crippen LogP contribution in [-0.4, -0.2) is 59.6 Å². The summed E-state index contributed by atoms with van der Waals surface area (Å²) in [5.74, 6) is 2.67. The van der Waals surface area contributed by atoms with Crippen molar-refractivity contribution in [2.24, 2.45) is 0 Å². The van der Waals surface area contributed by atoms with Gasteiger partial charge in [0, 0.05) is 41.6 Å². The monoisotopic (exact) mass is 260 g/mol. The van der Waals surface area contributed by atoms with Crippen LogP contribution in [0.5, 0.6) is 0 Å². The summed E-state index contributed by atoms with van der Waals surface area (Å²) in [6.45, 7) is 8.74. The summed E-state index contributed by atoms with van der Waals surface area (Å²) in [5, 5.41) is 5.21. The molecule has 0 bridgehead atoms. The Morgan fingerprint density at radius 1 is 1.38 bits per heavy atom. The molecule has 2 aliphatic heterocycles. The molecule has 16 heavy (non-hydrogen) atoms. The van der Waals surface area contributed by atoms with E-state index < -0.39 is 0 Å². The number of piperidine rings is 1. The molecule has 2 saturated heterocycles. The van der Waals surface area contributed by atoms with Gasteiger partial charge >= 0.3 is 0 Å². The van der Waals surface area contributed by atoms with E-state index in [0.717, 1.165) is 10.5 Å². The van der Waals surface area contributed by atoms with Gasteiger partial charge in [0.25, 0.3) is 0 Å². The molecule has 0 spiro atoms. The normalized spacial score (nSPS) is 29.4. The molecule has 0 amide bonds. The molecule has 2 fully saturated rings. The van der Waals surface area contributed by atoms with Crippen LogP contribution in [0.1, 0.15) is 19.8 Å². The lowest BCUT2D eigenvalue weighted by molar-refractivity contribution is 0.304. The van der Waals surface area contributed by atoms with E-state index in [-0.39, 0.29) is 0 Å². The van der Waals surface area contributed by atoms with Crippen molar-refractivity contribution in [1.82, 2.24) is 10.2 Å². The van der Waals surface area contributed by atoms with Gasteiger partial charge in [-0.15, -0.1) is 0 Å². The molecule has 0 radical (unpaired) electrons. The maximum atomic E-state index is 3.43. The first-order valence-electron chi connectivity index (χ1n) is 6.51. The summed E-state index contributed by atoms with van der Waals surface area (Å²) in [5.41, 5.74) is 0. The number of nitrogens with one attached hydrogen (secondary N) is 1. The molecule has 1 atom stereocenters. The molecule has 2 aliphatic rings. The van der Waals surface area contributed by atoms with Gasteiger partial charge in [0.05, 0.1) is 0 Å². The number of hydrogen-bond donors (Lipinski definition) is 1. The first-order chi connectivity index (χ1) is 7.84. The second-order valence-corrected chi connectivity index (χ2v) is 7.76. The van der Waals surface area contributed by atoms with Crippen molar-refractivity contribution in [2.45, 2.75) is 30.3 Å². The van der Waals surface area contributed by atoms with Crippen LogP contribution in [-0.2, 0) is 0 Å². The van der Waals surface area contributed by atoms with E-state index in [1.165, 1.54) is 57.1 Å². The third kappa shape index (κ3) is 4.47. The van der Waals surface area contributed by atoms with Crippen LogP contribution in [0.3, 0.4) is 0 Å². The lowest BCUT2D eigenvalue weighted by Gasteiger charge is -2.31. The van der Waals surface area contributed by atoms with E-state index in [2.05, 4.69) is 40.7 Å².